The van der Waals surface area contributed by atoms with Crippen molar-refractivity contribution in [3.05, 3.63) is 24.3 Å². The molecule has 1 spiro atoms. The first-order valence-electron chi connectivity index (χ1n) is 5.24. The number of hydrogen-bond acceptors (Lipinski definition) is 1. The summed E-state index contributed by atoms with van der Waals surface area (Å²) in [6.45, 7) is 0. The average Bonchev–Trinajstić information content (AvgIpc) is 2.66. The van der Waals surface area contributed by atoms with E-state index in [9.17, 15) is 4.79 Å². The number of allylic oxidation sites excluding steroid dienone is 4. The van der Waals surface area contributed by atoms with Gasteiger partial charge in [-0.2, -0.15) is 0 Å². The van der Waals surface area contributed by atoms with E-state index in [0.717, 1.165) is 11.8 Å². The van der Waals surface area contributed by atoms with Crippen LogP contribution in [0.5, 0.6) is 0 Å². The van der Waals surface area contributed by atoms with Gasteiger partial charge in [-0.15, -0.1) is 0 Å². The minimum absolute atomic E-state index is 0.164. The highest BCUT2D eigenvalue weighted by Crippen LogP contribution is 2.60. The van der Waals surface area contributed by atoms with Gasteiger partial charge in [0.05, 0.1) is 0 Å². The van der Waals surface area contributed by atoms with Gasteiger partial charge >= 0.3 is 0 Å². The predicted molar refractivity (Wildman–Crippen MR) is 51.2 cm³/mol. The van der Waals surface area contributed by atoms with E-state index in [2.05, 4.69) is 12.2 Å². The van der Waals surface area contributed by atoms with Crippen molar-refractivity contribution >= 4 is 5.78 Å². The lowest BCUT2D eigenvalue weighted by molar-refractivity contribution is -0.110. The summed E-state index contributed by atoms with van der Waals surface area (Å²) in [6.07, 6.45) is 13.4. The summed E-state index contributed by atoms with van der Waals surface area (Å²) in [4.78, 5) is 11.1. The van der Waals surface area contributed by atoms with Gasteiger partial charge in [0.2, 0.25) is 0 Å². The van der Waals surface area contributed by atoms with Crippen LogP contribution < -0.4 is 0 Å². The molecule has 1 heteroatoms. The largest absolute Gasteiger partial charge is 0.290 e. The Balaban J connectivity index is 2.03. The fourth-order valence-corrected chi connectivity index (χ4v) is 3.54. The zero-order valence-corrected chi connectivity index (χ0v) is 7.70. The SMILES string of the molecule is O=C1C=CC2(C=C1)C1CCC2CC1. The Bertz CT molecular complexity index is 273. The van der Waals surface area contributed by atoms with Crippen LogP contribution in [0.4, 0.5) is 0 Å². The molecular formula is C12H14O. The van der Waals surface area contributed by atoms with Gasteiger partial charge in [0.25, 0.3) is 0 Å². The molecule has 0 aliphatic heterocycles. The highest BCUT2D eigenvalue weighted by Gasteiger charge is 2.51. The minimum Gasteiger partial charge on any atom is -0.290 e. The Kier molecular flexibility index (Phi) is 1.36. The second kappa shape index (κ2) is 2.34. The molecule has 0 radical (unpaired) electrons. The molecule has 0 unspecified atom stereocenters. The maximum atomic E-state index is 11.1. The van der Waals surface area contributed by atoms with Gasteiger partial charge in [-0.3, -0.25) is 4.79 Å². The number of carbonyl (C=O) groups is 1. The monoisotopic (exact) mass is 174 g/mol. The van der Waals surface area contributed by atoms with Gasteiger partial charge in [-0.25, -0.2) is 0 Å². The fraction of sp³-hybridized carbons (Fsp3) is 0.583. The van der Waals surface area contributed by atoms with Crippen LogP contribution in [0.1, 0.15) is 25.7 Å². The maximum Gasteiger partial charge on any atom is 0.178 e. The molecule has 0 amide bonds. The predicted octanol–water partition coefficient (Wildman–Crippen LogP) is 2.49. The van der Waals surface area contributed by atoms with Crippen LogP contribution >= 0.6 is 0 Å². The zero-order valence-electron chi connectivity index (χ0n) is 7.70. The van der Waals surface area contributed by atoms with E-state index in [4.69, 9.17) is 0 Å². The maximum absolute atomic E-state index is 11.1. The molecule has 3 aliphatic carbocycles. The van der Waals surface area contributed by atoms with E-state index in [1.807, 2.05) is 0 Å². The standard InChI is InChI=1S/C12H14O/c13-11-5-7-12(8-6-11)9-1-2-10(12)4-3-9/h5-10H,1-4H2. The van der Waals surface area contributed by atoms with E-state index in [1.54, 1.807) is 12.2 Å². The van der Waals surface area contributed by atoms with Crippen molar-refractivity contribution in [1.82, 2.24) is 0 Å². The molecule has 3 rings (SSSR count). The normalized spacial score (nSPS) is 39.2. The summed E-state index contributed by atoms with van der Waals surface area (Å²) in [5.74, 6) is 1.83. The Labute approximate surface area is 78.5 Å². The van der Waals surface area contributed by atoms with Gasteiger partial charge in [-0.1, -0.05) is 12.2 Å². The summed E-state index contributed by atoms with van der Waals surface area (Å²) in [5, 5.41) is 0. The first-order valence-corrected chi connectivity index (χ1v) is 5.24. The van der Waals surface area contributed by atoms with Crippen LogP contribution in [0.15, 0.2) is 24.3 Å². The Morgan fingerprint density at radius 2 is 1.46 bits per heavy atom. The highest BCUT2D eigenvalue weighted by atomic mass is 16.1. The number of rotatable bonds is 0. The van der Waals surface area contributed by atoms with Crippen molar-refractivity contribution in [1.29, 1.82) is 0 Å². The molecule has 0 heterocycles. The van der Waals surface area contributed by atoms with Gasteiger partial charge in [0.15, 0.2) is 5.78 Å². The lowest BCUT2D eigenvalue weighted by atomic mass is 9.75. The molecule has 0 saturated heterocycles. The van der Waals surface area contributed by atoms with Gasteiger partial charge in [0.1, 0.15) is 0 Å². The molecular weight excluding hydrogens is 160 g/mol. The minimum atomic E-state index is 0.164. The summed E-state index contributed by atoms with van der Waals surface area (Å²) < 4.78 is 0. The molecule has 2 saturated carbocycles. The molecule has 2 bridgehead atoms. The van der Waals surface area contributed by atoms with E-state index in [0.29, 0.717) is 5.41 Å². The van der Waals surface area contributed by atoms with Crippen molar-refractivity contribution in [2.24, 2.45) is 17.3 Å². The van der Waals surface area contributed by atoms with E-state index in [1.165, 1.54) is 25.7 Å². The topological polar surface area (TPSA) is 17.1 Å². The highest BCUT2D eigenvalue weighted by molar-refractivity contribution is 6.00. The summed E-state index contributed by atoms with van der Waals surface area (Å²) in [5.41, 5.74) is 0.300. The van der Waals surface area contributed by atoms with Crippen LogP contribution in [0.2, 0.25) is 0 Å². The van der Waals surface area contributed by atoms with Gasteiger partial charge < -0.3 is 0 Å². The van der Waals surface area contributed by atoms with Crippen molar-refractivity contribution in [3.8, 4) is 0 Å². The number of hydrogen-bond donors (Lipinski definition) is 0. The molecule has 0 aromatic rings. The summed E-state index contributed by atoms with van der Waals surface area (Å²) in [6, 6.07) is 0. The van der Waals surface area contributed by atoms with Crippen molar-refractivity contribution in [2.75, 3.05) is 0 Å². The Morgan fingerprint density at radius 3 is 1.92 bits per heavy atom. The van der Waals surface area contributed by atoms with Gasteiger partial charge in [0, 0.05) is 5.41 Å². The quantitative estimate of drug-likeness (QED) is 0.551. The first-order chi connectivity index (χ1) is 6.31. The van der Waals surface area contributed by atoms with E-state index < -0.39 is 0 Å². The fourth-order valence-electron chi connectivity index (χ4n) is 3.54. The molecule has 13 heavy (non-hydrogen) atoms. The molecule has 3 aliphatic rings. The van der Waals surface area contributed by atoms with Crippen LogP contribution in [-0.4, -0.2) is 5.78 Å². The smallest absolute Gasteiger partial charge is 0.178 e. The lowest BCUT2D eigenvalue weighted by Crippen LogP contribution is -2.23. The summed E-state index contributed by atoms with van der Waals surface area (Å²) >= 11 is 0. The third kappa shape index (κ3) is 0.849. The van der Waals surface area contributed by atoms with Crippen LogP contribution in [0, 0.1) is 17.3 Å². The molecule has 1 nitrogen and oxygen atoms in total. The van der Waals surface area contributed by atoms with Crippen molar-refractivity contribution in [3.63, 3.8) is 0 Å². The first kappa shape index (κ1) is 7.54. The van der Waals surface area contributed by atoms with Crippen LogP contribution in [0.25, 0.3) is 0 Å². The second-order valence-electron chi connectivity index (χ2n) is 4.62. The van der Waals surface area contributed by atoms with Crippen LogP contribution in [-0.2, 0) is 4.79 Å². The Hall–Kier alpha value is -0.850. The molecule has 0 atom stereocenters. The van der Waals surface area contributed by atoms with Gasteiger partial charge in [-0.05, 0) is 49.7 Å². The molecule has 0 aromatic carbocycles. The van der Waals surface area contributed by atoms with E-state index >= 15 is 0 Å². The van der Waals surface area contributed by atoms with Crippen molar-refractivity contribution < 1.29 is 4.79 Å². The van der Waals surface area contributed by atoms with Crippen molar-refractivity contribution in [2.45, 2.75) is 25.7 Å². The third-order valence-electron chi connectivity index (χ3n) is 4.21. The van der Waals surface area contributed by atoms with Crippen LogP contribution in [0.3, 0.4) is 0 Å². The molecule has 68 valence electrons. The third-order valence-corrected chi connectivity index (χ3v) is 4.21. The number of carbonyl (C=O) groups excluding carboxylic acids is 1. The second-order valence-corrected chi connectivity index (χ2v) is 4.62. The lowest BCUT2D eigenvalue weighted by Gasteiger charge is -2.29. The zero-order chi connectivity index (χ0) is 8.89. The average molecular weight is 174 g/mol. The molecule has 0 N–H and O–H groups in total. The Morgan fingerprint density at radius 1 is 1.00 bits per heavy atom. The number of ketones is 1. The molecule has 2 fully saturated rings. The van der Waals surface area contributed by atoms with E-state index in [-0.39, 0.29) is 5.78 Å². The molecule has 0 aromatic heterocycles. The summed E-state index contributed by atoms with van der Waals surface area (Å²) in [7, 11) is 0.